The lowest BCUT2D eigenvalue weighted by atomic mass is 9.75. The van der Waals surface area contributed by atoms with Crippen molar-refractivity contribution in [2.45, 2.75) is 19.4 Å². The largest absolute Gasteiger partial charge is 0.322 e. The van der Waals surface area contributed by atoms with Gasteiger partial charge in [0.25, 0.3) is 5.91 Å². The molecule has 0 aliphatic carbocycles. The number of hydrogen-bond acceptors (Lipinski definition) is 2. The first-order chi connectivity index (χ1) is 11.0. The summed E-state index contributed by atoms with van der Waals surface area (Å²) in [4.78, 5) is 27.7. The molecule has 0 saturated carbocycles. The number of amides is 1. The van der Waals surface area contributed by atoms with E-state index in [9.17, 15) is 9.59 Å². The van der Waals surface area contributed by atoms with Crippen LogP contribution in [0.1, 0.15) is 40.1 Å². The van der Waals surface area contributed by atoms with E-state index in [-0.39, 0.29) is 11.7 Å². The molecule has 0 spiro atoms. The Labute approximate surface area is 136 Å². The molecule has 23 heavy (non-hydrogen) atoms. The minimum absolute atomic E-state index is 0.0802. The Hall–Kier alpha value is -2.68. The quantitative estimate of drug-likeness (QED) is 0.864. The predicted molar refractivity (Wildman–Crippen MR) is 91.4 cm³/mol. The minimum atomic E-state index is -1.07. The van der Waals surface area contributed by atoms with Crippen molar-refractivity contribution in [3.63, 3.8) is 0 Å². The molecule has 1 aliphatic heterocycles. The van der Waals surface area contributed by atoms with E-state index in [4.69, 9.17) is 0 Å². The van der Waals surface area contributed by atoms with Crippen molar-refractivity contribution >= 4 is 17.3 Å². The van der Waals surface area contributed by atoms with E-state index in [1.54, 1.807) is 36.1 Å². The highest BCUT2D eigenvalue weighted by Gasteiger charge is 2.49. The number of hydrogen-bond donors (Lipinski definition) is 0. The molecule has 0 fully saturated rings. The van der Waals surface area contributed by atoms with Gasteiger partial charge in [-0.1, -0.05) is 55.1 Å². The number of nitrogens with zero attached hydrogens (tertiary/aromatic N) is 1. The van der Waals surface area contributed by atoms with Crippen LogP contribution in [0.4, 0.5) is 0 Å². The van der Waals surface area contributed by atoms with Crippen molar-refractivity contribution in [2.24, 2.45) is 0 Å². The molecule has 3 nitrogen and oxygen atoms in total. The fourth-order valence-corrected chi connectivity index (χ4v) is 3.28. The number of Topliss-reactive ketones (excluding diaryl/α,β-unsaturated/α-hetero) is 1. The first-order valence-electron chi connectivity index (χ1n) is 7.72. The predicted octanol–water partition coefficient (Wildman–Crippen LogP) is 3.82. The zero-order valence-corrected chi connectivity index (χ0v) is 13.4. The van der Waals surface area contributed by atoms with Crippen LogP contribution in [0, 0.1) is 0 Å². The summed E-state index contributed by atoms with van der Waals surface area (Å²) in [6.07, 6.45) is 0. The average molecular weight is 305 g/mol. The molecule has 3 rings (SSSR count). The third-order valence-electron chi connectivity index (χ3n) is 4.66. The SMILES string of the molecule is C=C(c1ccccc1)C1(C)C(=O)c2ccccc2C(=O)N1CC. The third-order valence-corrected chi connectivity index (χ3v) is 4.66. The normalized spacial score (nSPS) is 20.3. The molecule has 0 aromatic heterocycles. The lowest BCUT2D eigenvalue weighted by Gasteiger charge is -2.44. The first-order valence-corrected chi connectivity index (χ1v) is 7.72. The van der Waals surface area contributed by atoms with Gasteiger partial charge in [-0.25, -0.2) is 0 Å². The molecule has 1 heterocycles. The van der Waals surface area contributed by atoms with Crippen LogP contribution in [0.3, 0.4) is 0 Å². The number of likely N-dealkylation sites (N-methyl/N-ethyl adjacent to an activating group) is 1. The van der Waals surface area contributed by atoms with Gasteiger partial charge in [-0.2, -0.15) is 0 Å². The maximum atomic E-state index is 13.2. The van der Waals surface area contributed by atoms with E-state index in [1.165, 1.54) is 0 Å². The molecule has 2 aromatic rings. The summed E-state index contributed by atoms with van der Waals surface area (Å²) in [6, 6.07) is 16.6. The minimum Gasteiger partial charge on any atom is -0.322 e. The average Bonchev–Trinajstić information content (AvgIpc) is 2.60. The lowest BCUT2D eigenvalue weighted by molar-refractivity contribution is 0.0518. The highest BCUT2D eigenvalue weighted by Crippen LogP contribution is 2.39. The van der Waals surface area contributed by atoms with Gasteiger partial charge in [0, 0.05) is 12.1 Å². The standard InChI is InChI=1S/C20H19NO2/c1-4-21-19(23)17-13-9-8-12-16(17)18(22)20(21,3)14(2)15-10-6-5-7-11-15/h5-13H,2,4H2,1,3H3. The Morgan fingerprint density at radius 2 is 1.57 bits per heavy atom. The van der Waals surface area contributed by atoms with Gasteiger partial charge >= 0.3 is 0 Å². The Bertz CT molecular complexity index is 794. The molecular weight excluding hydrogens is 286 g/mol. The summed E-state index contributed by atoms with van der Waals surface area (Å²) in [5.41, 5.74) is 1.39. The van der Waals surface area contributed by atoms with E-state index in [2.05, 4.69) is 6.58 Å². The molecule has 116 valence electrons. The van der Waals surface area contributed by atoms with Crippen molar-refractivity contribution in [3.8, 4) is 0 Å². The van der Waals surface area contributed by atoms with Crippen LogP contribution >= 0.6 is 0 Å². The smallest absolute Gasteiger partial charge is 0.255 e. The van der Waals surface area contributed by atoms with Crippen LogP contribution in [0.2, 0.25) is 0 Å². The number of rotatable bonds is 3. The van der Waals surface area contributed by atoms with Crippen LogP contribution in [-0.2, 0) is 0 Å². The van der Waals surface area contributed by atoms with Crippen LogP contribution in [-0.4, -0.2) is 28.7 Å². The van der Waals surface area contributed by atoms with Crippen LogP contribution in [0.15, 0.2) is 61.2 Å². The van der Waals surface area contributed by atoms with Crippen molar-refractivity contribution in [1.82, 2.24) is 4.90 Å². The Morgan fingerprint density at radius 1 is 1.00 bits per heavy atom. The maximum absolute atomic E-state index is 13.2. The highest BCUT2D eigenvalue weighted by molar-refractivity contribution is 6.21. The van der Waals surface area contributed by atoms with Crippen LogP contribution in [0.5, 0.6) is 0 Å². The molecule has 1 aliphatic rings. The van der Waals surface area contributed by atoms with Crippen LogP contribution < -0.4 is 0 Å². The zero-order chi connectivity index (χ0) is 16.6. The summed E-state index contributed by atoms with van der Waals surface area (Å²) in [5, 5.41) is 0. The van der Waals surface area contributed by atoms with Gasteiger partial charge in [-0.15, -0.1) is 0 Å². The molecule has 2 aromatic carbocycles. The van der Waals surface area contributed by atoms with Gasteiger partial charge in [-0.05, 0) is 31.1 Å². The molecule has 0 bridgehead atoms. The van der Waals surface area contributed by atoms with E-state index >= 15 is 0 Å². The van der Waals surface area contributed by atoms with Gasteiger partial charge in [-0.3, -0.25) is 9.59 Å². The Morgan fingerprint density at radius 3 is 2.17 bits per heavy atom. The second-order valence-electron chi connectivity index (χ2n) is 5.84. The third kappa shape index (κ3) is 2.12. The van der Waals surface area contributed by atoms with Crippen LogP contribution in [0.25, 0.3) is 5.57 Å². The summed E-state index contributed by atoms with van der Waals surface area (Å²) < 4.78 is 0. The summed E-state index contributed by atoms with van der Waals surface area (Å²) in [5.74, 6) is -0.203. The molecule has 1 atom stereocenters. The van der Waals surface area contributed by atoms with E-state index in [0.717, 1.165) is 5.56 Å². The summed E-state index contributed by atoms with van der Waals surface area (Å²) in [6.45, 7) is 8.29. The van der Waals surface area contributed by atoms with E-state index in [1.807, 2.05) is 37.3 Å². The van der Waals surface area contributed by atoms with Gasteiger partial charge in [0.1, 0.15) is 5.54 Å². The van der Waals surface area contributed by atoms with Crippen molar-refractivity contribution in [3.05, 3.63) is 77.9 Å². The first kappa shape index (κ1) is 15.2. The molecule has 1 amide bonds. The van der Waals surface area contributed by atoms with Crippen molar-refractivity contribution < 1.29 is 9.59 Å². The maximum Gasteiger partial charge on any atom is 0.255 e. The fraction of sp³-hybridized carbons (Fsp3) is 0.200. The Balaban J connectivity index is 2.19. The lowest BCUT2D eigenvalue weighted by Crippen LogP contribution is -2.59. The van der Waals surface area contributed by atoms with E-state index < -0.39 is 5.54 Å². The second kappa shape index (κ2) is 5.51. The molecule has 3 heteroatoms. The van der Waals surface area contributed by atoms with Crippen molar-refractivity contribution in [2.75, 3.05) is 6.54 Å². The second-order valence-corrected chi connectivity index (χ2v) is 5.84. The number of fused-ring (bicyclic) bond motifs is 1. The summed E-state index contributed by atoms with van der Waals surface area (Å²) >= 11 is 0. The van der Waals surface area contributed by atoms with Gasteiger partial charge in [0.05, 0.1) is 5.56 Å². The van der Waals surface area contributed by atoms with Crippen molar-refractivity contribution in [1.29, 1.82) is 0 Å². The number of benzene rings is 2. The molecule has 1 unspecified atom stereocenters. The monoisotopic (exact) mass is 305 g/mol. The van der Waals surface area contributed by atoms with E-state index in [0.29, 0.717) is 23.2 Å². The topological polar surface area (TPSA) is 37.4 Å². The number of carbonyl (C=O) groups is 2. The summed E-state index contributed by atoms with van der Waals surface area (Å²) in [7, 11) is 0. The highest BCUT2D eigenvalue weighted by atomic mass is 16.2. The van der Waals surface area contributed by atoms with Gasteiger partial charge < -0.3 is 4.90 Å². The van der Waals surface area contributed by atoms with Gasteiger partial charge in [0.2, 0.25) is 0 Å². The fourth-order valence-electron chi connectivity index (χ4n) is 3.28. The molecule has 0 saturated heterocycles. The zero-order valence-electron chi connectivity index (χ0n) is 13.4. The molecule has 0 radical (unpaired) electrons. The van der Waals surface area contributed by atoms with Gasteiger partial charge in [0.15, 0.2) is 5.78 Å². The molecular formula is C20H19NO2. The number of carbonyl (C=O) groups excluding carboxylic acids is 2. The number of ketones is 1. The molecule has 0 N–H and O–H groups in total. The Kier molecular flexibility index (Phi) is 3.64.